The number of rotatable bonds is 3. The molecule has 0 bridgehead atoms. The highest BCUT2D eigenvalue weighted by Crippen LogP contribution is 2.40. The molecule has 0 unspecified atom stereocenters. The Hall–Kier alpha value is -3.34. The number of H-pyrrole nitrogens is 1. The number of phenols is 1. The second kappa shape index (κ2) is 7.73. The number of aromatic hydroxyl groups is 2. The Balaban J connectivity index is 2.09. The Bertz CT molecular complexity index is 1220. The van der Waals surface area contributed by atoms with E-state index in [-0.39, 0.29) is 27.9 Å². The Morgan fingerprint density at radius 2 is 1.45 bits per heavy atom. The lowest BCUT2D eigenvalue weighted by atomic mass is 9.78. The summed E-state index contributed by atoms with van der Waals surface area (Å²) in [7, 11) is 0. The zero-order valence-corrected chi connectivity index (χ0v) is 18.8. The maximum atomic E-state index is 12.8. The fraction of sp³-hybridized carbons (Fsp3) is 0.308. The lowest BCUT2D eigenvalue weighted by Gasteiger charge is -2.27. The normalized spacial score (nSPS) is 12.6. The molecular formula is C26H29NO4. The molecule has 2 aromatic carbocycles. The summed E-state index contributed by atoms with van der Waals surface area (Å²) in [5, 5.41) is 21.8. The molecule has 3 N–H and O–H groups in total. The van der Waals surface area contributed by atoms with Gasteiger partial charge in [-0.05, 0) is 46.7 Å². The molecule has 5 heteroatoms. The molecule has 0 saturated heterocycles. The third-order valence-electron chi connectivity index (χ3n) is 5.32. The van der Waals surface area contributed by atoms with Gasteiger partial charge in [0, 0.05) is 16.5 Å². The number of aromatic nitrogens is 1. The van der Waals surface area contributed by atoms with Crippen LogP contribution in [0.5, 0.6) is 11.5 Å². The van der Waals surface area contributed by atoms with Crippen molar-refractivity contribution in [2.24, 2.45) is 0 Å². The van der Waals surface area contributed by atoms with Crippen LogP contribution in [0.3, 0.4) is 0 Å². The molecule has 0 saturated carbocycles. The van der Waals surface area contributed by atoms with Gasteiger partial charge in [-0.1, -0.05) is 59.8 Å². The maximum absolute atomic E-state index is 12.8. The van der Waals surface area contributed by atoms with Crippen molar-refractivity contribution in [1.29, 1.82) is 0 Å². The topological polar surface area (TPSA) is 90.4 Å². The first-order valence-electron chi connectivity index (χ1n) is 10.2. The predicted octanol–water partition coefficient (Wildman–Crippen LogP) is 5.43. The van der Waals surface area contributed by atoms with Crippen LogP contribution in [0.2, 0.25) is 0 Å². The highest BCUT2D eigenvalue weighted by atomic mass is 16.3. The number of hydrogen-bond donors (Lipinski definition) is 3. The second-order valence-corrected chi connectivity index (χ2v) is 9.89. The minimum absolute atomic E-state index is 0.257. The minimum atomic E-state index is -0.637. The molecule has 0 amide bonds. The number of benzene rings is 2. The number of ketones is 1. The Morgan fingerprint density at radius 1 is 0.903 bits per heavy atom. The highest BCUT2D eigenvalue weighted by molar-refractivity contribution is 6.11. The van der Waals surface area contributed by atoms with Crippen molar-refractivity contribution in [3.05, 3.63) is 75.1 Å². The van der Waals surface area contributed by atoms with E-state index in [9.17, 15) is 19.8 Å². The number of fused-ring (bicyclic) bond motifs is 1. The number of allylic oxidation sites excluding steroid dienone is 1. The van der Waals surface area contributed by atoms with Crippen molar-refractivity contribution < 1.29 is 15.0 Å². The molecular weight excluding hydrogens is 390 g/mol. The summed E-state index contributed by atoms with van der Waals surface area (Å²) in [5.41, 5.74) is 1.23. The molecule has 0 fully saturated rings. The molecule has 31 heavy (non-hydrogen) atoms. The van der Waals surface area contributed by atoms with Crippen LogP contribution in [0.25, 0.3) is 17.0 Å². The third kappa shape index (κ3) is 4.41. The van der Waals surface area contributed by atoms with Gasteiger partial charge in [-0.15, -0.1) is 0 Å². The first kappa shape index (κ1) is 22.3. The Kier molecular flexibility index (Phi) is 5.57. The Morgan fingerprint density at radius 3 is 2.00 bits per heavy atom. The van der Waals surface area contributed by atoms with Crippen molar-refractivity contribution in [1.82, 2.24) is 4.98 Å². The van der Waals surface area contributed by atoms with Gasteiger partial charge in [0.2, 0.25) is 0 Å². The Labute approximate surface area is 182 Å². The van der Waals surface area contributed by atoms with Gasteiger partial charge in [0.1, 0.15) is 17.1 Å². The lowest BCUT2D eigenvalue weighted by molar-refractivity contribution is 0.104. The number of phenolic OH excluding ortho intramolecular Hbond substituents is 1. The third-order valence-corrected chi connectivity index (χ3v) is 5.32. The fourth-order valence-corrected chi connectivity index (χ4v) is 3.61. The summed E-state index contributed by atoms with van der Waals surface area (Å²) in [6, 6.07) is 10.5. The van der Waals surface area contributed by atoms with Crippen LogP contribution in [0.15, 0.2) is 47.3 Å². The molecule has 0 radical (unpaired) electrons. The van der Waals surface area contributed by atoms with Gasteiger partial charge < -0.3 is 15.2 Å². The van der Waals surface area contributed by atoms with E-state index in [0.717, 1.165) is 16.7 Å². The number of hydrogen-bond acceptors (Lipinski definition) is 4. The number of pyridine rings is 1. The first-order chi connectivity index (χ1) is 14.3. The summed E-state index contributed by atoms with van der Waals surface area (Å²) in [4.78, 5) is 27.9. The molecule has 1 heterocycles. The molecule has 0 aliphatic rings. The van der Waals surface area contributed by atoms with Gasteiger partial charge >= 0.3 is 0 Å². The minimum Gasteiger partial charge on any atom is -0.507 e. The average molecular weight is 420 g/mol. The van der Waals surface area contributed by atoms with Crippen LogP contribution in [-0.2, 0) is 10.8 Å². The monoisotopic (exact) mass is 419 g/mol. The van der Waals surface area contributed by atoms with E-state index in [1.54, 1.807) is 30.3 Å². The zero-order chi connectivity index (χ0) is 23.1. The van der Waals surface area contributed by atoms with Gasteiger partial charge in [-0.3, -0.25) is 9.59 Å². The van der Waals surface area contributed by atoms with Crippen molar-refractivity contribution in [3.8, 4) is 11.5 Å². The van der Waals surface area contributed by atoms with Crippen molar-refractivity contribution in [2.45, 2.75) is 52.4 Å². The molecule has 3 rings (SSSR count). The molecule has 5 nitrogen and oxygen atoms in total. The van der Waals surface area contributed by atoms with Gasteiger partial charge in [0.05, 0.1) is 5.52 Å². The summed E-state index contributed by atoms with van der Waals surface area (Å²) in [5.74, 6) is -0.662. The van der Waals surface area contributed by atoms with Crippen LogP contribution in [-0.4, -0.2) is 21.0 Å². The van der Waals surface area contributed by atoms with Gasteiger partial charge in [-0.2, -0.15) is 0 Å². The highest BCUT2D eigenvalue weighted by Gasteiger charge is 2.26. The van der Waals surface area contributed by atoms with Crippen LogP contribution in [0.1, 0.15) is 68.6 Å². The zero-order valence-electron chi connectivity index (χ0n) is 18.8. The number of carbonyl (C=O) groups excluding carboxylic acids is 1. The molecule has 0 aliphatic carbocycles. The van der Waals surface area contributed by atoms with Crippen molar-refractivity contribution in [3.63, 3.8) is 0 Å². The molecule has 0 atom stereocenters. The van der Waals surface area contributed by atoms with Gasteiger partial charge in [-0.25, -0.2) is 0 Å². The number of para-hydroxylation sites is 1. The SMILES string of the molecule is CC(C)(C)c1cc(/C=C/C(=O)c2c(O)c3ccccc3[nH]c2=O)cc(C(C)(C)C)c1O. The van der Waals surface area contributed by atoms with Crippen molar-refractivity contribution in [2.75, 3.05) is 0 Å². The quantitative estimate of drug-likeness (QED) is 0.390. The van der Waals surface area contributed by atoms with Gasteiger partial charge in [0.15, 0.2) is 5.78 Å². The fourth-order valence-electron chi connectivity index (χ4n) is 3.61. The summed E-state index contributed by atoms with van der Waals surface area (Å²) >= 11 is 0. The second-order valence-electron chi connectivity index (χ2n) is 9.89. The van der Waals surface area contributed by atoms with E-state index < -0.39 is 11.3 Å². The van der Waals surface area contributed by atoms with E-state index >= 15 is 0 Å². The van der Waals surface area contributed by atoms with Crippen LogP contribution >= 0.6 is 0 Å². The summed E-state index contributed by atoms with van der Waals surface area (Å²) in [6.07, 6.45) is 2.89. The van der Waals surface area contributed by atoms with E-state index in [4.69, 9.17) is 0 Å². The number of carbonyl (C=O) groups is 1. The molecule has 1 aromatic heterocycles. The van der Waals surface area contributed by atoms with Crippen molar-refractivity contribution >= 4 is 22.8 Å². The van der Waals surface area contributed by atoms with Crippen LogP contribution in [0.4, 0.5) is 0 Å². The summed E-state index contributed by atoms with van der Waals surface area (Å²) < 4.78 is 0. The predicted molar refractivity (Wildman–Crippen MR) is 125 cm³/mol. The average Bonchev–Trinajstić information content (AvgIpc) is 2.65. The molecule has 162 valence electrons. The molecule has 3 aromatic rings. The van der Waals surface area contributed by atoms with E-state index in [1.165, 1.54) is 6.08 Å². The van der Waals surface area contributed by atoms with E-state index in [2.05, 4.69) is 4.98 Å². The number of aromatic amines is 1. The van der Waals surface area contributed by atoms with E-state index in [1.807, 2.05) is 53.7 Å². The largest absolute Gasteiger partial charge is 0.507 e. The van der Waals surface area contributed by atoms with Gasteiger partial charge in [0.25, 0.3) is 5.56 Å². The van der Waals surface area contributed by atoms with Crippen LogP contribution < -0.4 is 5.56 Å². The maximum Gasteiger partial charge on any atom is 0.263 e. The number of nitrogens with one attached hydrogen (secondary N) is 1. The smallest absolute Gasteiger partial charge is 0.263 e. The molecule has 0 spiro atoms. The molecule has 0 aliphatic heterocycles. The first-order valence-corrected chi connectivity index (χ1v) is 10.2. The van der Waals surface area contributed by atoms with E-state index in [0.29, 0.717) is 10.9 Å². The standard InChI is InChI=1S/C26H29NO4/c1-25(2,3)17-13-15(14-18(23(17)30)26(4,5)6)11-12-20(28)21-22(29)16-9-7-8-10-19(16)27-24(21)31/h7-14,30H,1-6H3,(H2,27,29,31)/b12-11+. The summed E-state index contributed by atoms with van der Waals surface area (Å²) in [6.45, 7) is 12.1. The lowest BCUT2D eigenvalue weighted by Crippen LogP contribution is -2.18. The van der Waals surface area contributed by atoms with Crippen LogP contribution in [0, 0.1) is 0 Å².